The highest BCUT2D eigenvalue weighted by Crippen LogP contribution is 2.33. The van der Waals surface area contributed by atoms with Crippen molar-refractivity contribution in [1.29, 1.82) is 5.26 Å². The molecule has 0 aliphatic carbocycles. The summed E-state index contributed by atoms with van der Waals surface area (Å²) < 4.78 is 5.64. The van der Waals surface area contributed by atoms with Crippen molar-refractivity contribution in [2.75, 3.05) is 40.3 Å². The highest BCUT2D eigenvalue weighted by atomic mass is 16.5. The largest absolute Gasteiger partial charge is 0.495 e. The molecule has 32 heavy (non-hydrogen) atoms. The lowest BCUT2D eigenvalue weighted by Gasteiger charge is -2.36. The molecule has 6 nitrogen and oxygen atoms in total. The van der Waals surface area contributed by atoms with Gasteiger partial charge in [0.1, 0.15) is 17.9 Å². The van der Waals surface area contributed by atoms with Gasteiger partial charge < -0.3 is 15.0 Å². The molecule has 0 bridgehead atoms. The Morgan fingerprint density at radius 2 is 1.84 bits per heavy atom. The van der Waals surface area contributed by atoms with Crippen molar-refractivity contribution < 1.29 is 9.53 Å². The van der Waals surface area contributed by atoms with Crippen LogP contribution in [0.25, 0.3) is 10.8 Å². The molecule has 1 aliphatic heterocycles. The van der Waals surface area contributed by atoms with Gasteiger partial charge in [-0.3, -0.25) is 9.69 Å². The summed E-state index contributed by atoms with van der Waals surface area (Å²) in [7, 11) is 3.40. The van der Waals surface area contributed by atoms with Crippen LogP contribution in [0, 0.1) is 11.3 Å². The molecule has 3 aromatic carbocycles. The molecule has 4 rings (SSSR count). The summed E-state index contributed by atoms with van der Waals surface area (Å²) in [6, 6.07) is 21.6. The van der Waals surface area contributed by atoms with Gasteiger partial charge in [-0.2, -0.15) is 5.26 Å². The summed E-state index contributed by atoms with van der Waals surface area (Å²) in [5, 5.41) is 15.0. The Morgan fingerprint density at radius 1 is 1.16 bits per heavy atom. The monoisotopic (exact) mass is 428 g/mol. The molecule has 0 spiro atoms. The van der Waals surface area contributed by atoms with Gasteiger partial charge in [0.15, 0.2) is 0 Å². The Morgan fingerprint density at radius 3 is 2.53 bits per heavy atom. The Balaban J connectivity index is 1.71. The van der Waals surface area contributed by atoms with Crippen molar-refractivity contribution in [2.24, 2.45) is 0 Å². The summed E-state index contributed by atoms with van der Waals surface area (Å²) in [4.78, 5) is 17.8. The second kappa shape index (κ2) is 9.82. The first kappa shape index (κ1) is 21.8. The number of hydrogen-bond donors (Lipinski definition) is 1. The minimum Gasteiger partial charge on any atom is -0.495 e. The summed E-state index contributed by atoms with van der Waals surface area (Å²) in [6.07, 6.45) is 0. The maximum Gasteiger partial charge on any atom is 0.244 e. The van der Waals surface area contributed by atoms with Crippen LogP contribution >= 0.6 is 0 Å². The first-order valence-corrected chi connectivity index (χ1v) is 10.9. The number of nitriles is 1. The first-order valence-electron chi connectivity index (χ1n) is 10.9. The van der Waals surface area contributed by atoms with Crippen molar-refractivity contribution in [3.8, 4) is 11.8 Å². The van der Waals surface area contributed by atoms with Gasteiger partial charge in [-0.15, -0.1) is 0 Å². The number of ether oxygens (including phenoxy) is 1. The Bertz CT molecular complexity index is 1130. The number of fused-ring (bicyclic) bond motifs is 1. The van der Waals surface area contributed by atoms with Crippen molar-refractivity contribution in [3.63, 3.8) is 0 Å². The lowest BCUT2D eigenvalue weighted by atomic mass is 9.98. The Hall–Kier alpha value is -3.40. The Kier molecular flexibility index (Phi) is 6.69. The van der Waals surface area contributed by atoms with Crippen molar-refractivity contribution in [2.45, 2.75) is 12.6 Å². The fraction of sp³-hybridized carbons (Fsp3) is 0.308. The van der Waals surface area contributed by atoms with Crippen LogP contribution in [-0.4, -0.2) is 56.0 Å². The van der Waals surface area contributed by atoms with E-state index in [1.165, 1.54) is 0 Å². The number of benzene rings is 3. The molecule has 0 radical (unpaired) electrons. The molecule has 3 aromatic rings. The average molecular weight is 429 g/mol. The second-order valence-electron chi connectivity index (χ2n) is 8.06. The fourth-order valence-electron chi connectivity index (χ4n) is 4.49. The summed E-state index contributed by atoms with van der Waals surface area (Å²) >= 11 is 0. The summed E-state index contributed by atoms with van der Waals surface area (Å²) in [5.41, 5.74) is 2.32. The second-order valence-corrected chi connectivity index (χ2v) is 8.06. The van der Waals surface area contributed by atoms with E-state index in [0.717, 1.165) is 48.1 Å². The van der Waals surface area contributed by atoms with E-state index >= 15 is 0 Å². The van der Waals surface area contributed by atoms with E-state index in [0.29, 0.717) is 17.9 Å². The predicted octanol–water partition coefficient (Wildman–Crippen LogP) is 3.32. The van der Waals surface area contributed by atoms with Crippen molar-refractivity contribution in [3.05, 3.63) is 77.4 Å². The predicted molar refractivity (Wildman–Crippen MR) is 125 cm³/mol. The molecule has 1 N–H and O–H groups in total. The molecule has 0 saturated carbocycles. The van der Waals surface area contributed by atoms with Crippen LogP contribution in [0.2, 0.25) is 0 Å². The lowest BCUT2D eigenvalue weighted by molar-refractivity contribution is -0.136. The average Bonchev–Trinajstić information content (AvgIpc) is 2.85. The molecule has 1 unspecified atom stereocenters. The molecule has 1 atom stereocenters. The molecule has 1 heterocycles. The van der Waals surface area contributed by atoms with Gasteiger partial charge >= 0.3 is 0 Å². The zero-order valence-corrected chi connectivity index (χ0v) is 18.5. The first-order chi connectivity index (χ1) is 15.6. The number of rotatable bonds is 6. The quantitative estimate of drug-likeness (QED) is 0.652. The van der Waals surface area contributed by atoms with Crippen LogP contribution in [0.4, 0.5) is 0 Å². The third kappa shape index (κ3) is 4.31. The Labute approximate surface area is 189 Å². The number of carbonyl (C=O) groups excluding carboxylic acids is 1. The molecule has 1 fully saturated rings. The number of nitrogens with one attached hydrogen (secondary N) is 1. The minimum atomic E-state index is -0.347. The fourth-order valence-corrected chi connectivity index (χ4v) is 4.49. The lowest BCUT2D eigenvalue weighted by Crippen LogP contribution is -2.49. The van der Waals surface area contributed by atoms with Crippen molar-refractivity contribution >= 4 is 16.7 Å². The number of amides is 1. The van der Waals surface area contributed by atoms with E-state index in [1.54, 1.807) is 12.0 Å². The van der Waals surface area contributed by atoms with Gasteiger partial charge in [0.05, 0.1) is 12.7 Å². The number of likely N-dealkylation sites (N-methyl/N-ethyl adjacent to an activating group) is 1. The van der Waals surface area contributed by atoms with Crippen LogP contribution < -0.4 is 10.1 Å². The van der Waals surface area contributed by atoms with Crippen LogP contribution in [0.3, 0.4) is 0 Å². The number of nitrogens with zero attached hydrogens (tertiary/aromatic N) is 3. The zero-order chi connectivity index (χ0) is 22.5. The van der Waals surface area contributed by atoms with E-state index in [4.69, 9.17) is 4.74 Å². The van der Waals surface area contributed by atoms with E-state index in [9.17, 15) is 10.1 Å². The van der Waals surface area contributed by atoms with E-state index in [2.05, 4.69) is 16.3 Å². The van der Waals surface area contributed by atoms with Crippen LogP contribution in [0.1, 0.15) is 22.7 Å². The molecule has 1 aliphatic rings. The third-order valence-electron chi connectivity index (χ3n) is 6.07. The van der Waals surface area contributed by atoms with E-state index in [-0.39, 0.29) is 11.9 Å². The number of methoxy groups -OCH3 is 1. The van der Waals surface area contributed by atoms with Gasteiger partial charge in [0.2, 0.25) is 5.91 Å². The zero-order valence-electron chi connectivity index (χ0n) is 18.5. The molecule has 0 aromatic heterocycles. The summed E-state index contributed by atoms with van der Waals surface area (Å²) in [5.74, 6) is 0.566. The number of piperazine rings is 1. The maximum absolute atomic E-state index is 13.8. The van der Waals surface area contributed by atoms with Gasteiger partial charge in [-0.05, 0) is 22.4 Å². The normalized spacial score (nSPS) is 15.2. The summed E-state index contributed by atoms with van der Waals surface area (Å²) in [6.45, 7) is 3.71. The highest BCUT2D eigenvalue weighted by molar-refractivity contribution is 5.91. The minimum absolute atomic E-state index is 0.0339. The van der Waals surface area contributed by atoms with Gasteiger partial charge in [0, 0.05) is 45.3 Å². The van der Waals surface area contributed by atoms with Gasteiger partial charge in [-0.25, -0.2) is 0 Å². The maximum atomic E-state index is 13.8. The molecule has 6 heteroatoms. The van der Waals surface area contributed by atoms with Crippen LogP contribution in [-0.2, 0) is 11.3 Å². The van der Waals surface area contributed by atoms with Gasteiger partial charge in [-0.1, -0.05) is 54.6 Å². The van der Waals surface area contributed by atoms with E-state index < -0.39 is 0 Å². The molecule has 1 amide bonds. The van der Waals surface area contributed by atoms with Crippen LogP contribution in [0.15, 0.2) is 60.7 Å². The van der Waals surface area contributed by atoms with Crippen LogP contribution in [0.5, 0.6) is 5.75 Å². The number of carbonyl (C=O) groups is 1. The molecular weight excluding hydrogens is 400 g/mol. The molecule has 1 saturated heterocycles. The molecule has 164 valence electrons. The molecular formula is C26H28N4O2. The van der Waals surface area contributed by atoms with Crippen molar-refractivity contribution in [1.82, 2.24) is 15.1 Å². The topological polar surface area (TPSA) is 68.6 Å². The van der Waals surface area contributed by atoms with E-state index in [1.807, 2.05) is 67.7 Å². The smallest absolute Gasteiger partial charge is 0.244 e. The number of hydrogen-bond acceptors (Lipinski definition) is 5. The van der Waals surface area contributed by atoms with Gasteiger partial charge in [0.25, 0.3) is 0 Å². The third-order valence-corrected chi connectivity index (χ3v) is 6.07. The highest BCUT2D eigenvalue weighted by Gasteiger charge is 2.31. The SMILES string of the molecule is COc1c(C#N)cc2ccccc2c1CN(C)C(=O)C(c1ccccc1)N1CCNCC1. The standard InChI is InChI=1S/C26H28N4O2/c1-29(18-23-22-11-7-6-10-20(22)16-21(17-27)25(23)32-2)26(31)24(19-8-4-3-5-9-19)30-14-12-28-13-15-30/h3-11,16,24,28H,12-15,18H2,1-2H3.